The van der Waals surface area contributed by atoms with E-state index in [1.807, 2.05) is 6.92 Å². The van der Waals surface area contributed by atoms with Crippen molar-refractivity contribution < 1.29 is 18.3 Å². The van der Waals surface area contributed by atoms with Gasteiger partial charge in [-0.15, -0.1) is 0 Å². The number of aliphatic hydroxyl groups excluding tert-OH is 1. The number of ether oxygens (including phenoxy) is 1. The number of thioether (sulfide) groups is 1. The van der Waals surface area contributed by atoms with Crippen LogP contribution in [0.15, 0.2) is 29.2 Å². The molecule has 1 aliphatic heterocycles. The summed E-state index contributed by atoms with van der Waals surface area (Å²) in [4.78, 5) is 0.302. The van der Waals surface area contributed by atoms with Gasteiger partial charge in [-0.3, -0.25) is 0 Å². The fourth-order valence-electron chi connectivity index (χ4n) is 2.17. The van der Waals surface area contributed by atoms with E-state index in [9.17, 15) is 8.42 Å². The predicted octanol–water partition coefficient (Wildman–Crippen LogP) is 1.57. The molecule has 21 heavy (non-hydrogen) atoms. The van der Waals surface area contributed by atoms with E-state index < -0.39 is 10.0 Å². The Hall–Kier alpha value is -0.760. The molecule has 118 valence electrons. The minimum absolute atomic E-state index is 0.0224. The van der Waals surface area contributed by atoms with Crippen molar-refractivity contribution in [1.29, 1.82) is 0 Å². The van der Waals surface area contributed by atoms with E-state index in [1.165, 1.54) is 0 Å². The number of hydrogen-bond acceptors (Lipinski definition) is 5. The third-order valence-corrected chi connectivity index (χ3v) is 6.53. The van der Waals surface area contributed by atoms with Crippen molar-refractivity contribution in [3.8, 4) is 5.75 Å². The fourth-order valence-corrected chi connectivity index (χ4v) is 5.02. The molecule has 1 aromatic carbocycles. The lowest BCUT2D eigenvalue weighted by molar-refractivity contribution is 0.233. The lowest BCUT2D eigenvalue weighted by atomic mass is 10.3. The van der Waals surface area contributed by atoms with Crippen LogP contribution in [0, 0.1) is 0 Å². The van der Waals surface area contributed by atoms with Crippen LogP contribution in [0.3, 0.4) is 0 Å². The molecular formula is C14H21NO4S2. The van der Waals surface area contributed by atoms with Crippen LogP contribution < -0.4 is 4.74 Å². The Balaban J connectivity index is 2.09. The molecule has 1 N–H and O–H groups in total. The van der Waals surface area contributed by atoms with E-state index in [1.54, 1.807) is 40.3 Å². The highest BCUT2D eigenvalue weighted by atomic mass is 32.2. The molecule has 0 saturated carbocycles. The summed E-state index contributed by atoms with van der Waals surface area (Å²) < 4.78 is 32.2. The van der Waals surface area contributed by atoms with Crippen LogP contribution in [-0.2, 0) is 10.0 Å². The van der Waals surface area contributed by atoms with Gasteiger partial charge in [0.2, 0.25) is 10.0 Å². The molecule has 1 fully saturated rings. The highest BCUT2D eigenvalue weighted by Gasteiger charge is 2.31. The Morgan fingerprint density at radius 2 is 2.10 bits per heavy atom. The average molecular weight is 331 g/mol. The first kappa shape index (κ1) is 16.6. The van der Waals surface area contributed by atoms with Crippen molar-refractivity contribution in [2.24, 2.45) is 0 Å². The molecule has 0 bridgehead atoms. The predicted molar refractivity (Wildman–Crippen MR) is 84.3 cm³/mol. The molecule has 1 saturated heterocycles. The molecule has 1 atom stereocenters. The van der Waals surface area contributed by atoms with E-state index in [-0.39, 0.29) is 12.6 Å². The Bertz CT molecular complexity index is 545. The van der Waals surface area contributed by atoms with Gasteiger partial charge in [-0.1, -0.05) is 0 Å². The first-order chi connectivity index (χ1) is 10.1. The first-order valence-electron chi connectivity index (χ1n) is 6.99. The standard InChI is InChI=1S/C14H21NO4S2/c1-12-11-20-10-7-15(12)21(17,18)14-5-3-13(4-6-14)19-9-2-8-16/h3-6,12,16H,2,7-11H2,1H3. The van der Waals surface area contributed by atoms with Gasteiger partial charge in [0.1, 0.15) is 5.75 Å². The van der Waals surface area contributed by atoms with Gasteiger partial charge in [0, 0.05) is 37.1 Å². The third kappa shape index (κ3) is 4.12. The van der Waals surface area contributed by atoms with E-state index in [4.69, 9.17) is 9.84 Å². The van der Waals surface area contributed by atoms with Gasteiger partial charge in [-0.25, -0.2) is 8.42 Å². The Morgan fingerprint density at radius 1 is 1.38 bits per heavy atom. The van der Waals surface area contributed by atoms with E-state index in [0.29, 0.717) is 30.2 Å². The van der Waals surface area contributed by atoms with Crippen molar-refractivity contribution in [1.82, 2.24) is 4.31 Å². The molecule has 1 unspecified atom stereocenters. The molecule has 7 heteroatoms. The zero-order valence-corrected chi connectivity index (χ0v) is 13.7. The van der Waals surface area contributed by atoms with Gasteiger partial charge in [0.25, 0.3) is 0 Å². The van der Waals surface area contributed by atoms with Crippen molar-refractivity contribution in [3.05, 3.63) is 24.3 Å². The van der Waals surface area contributed by atoms with Crippen LogP contribution in [0.2, 0.25) is 0 Å². The quantitative estimate of drug-likeness (QED) is 0.802. The topological polar surface area (TPSA) is 66.8 Å². The lowest BCUT2D eigenvalue weighted by Gasteiger charge is -2.31. The number of hydrogen-bond donors (Lipinski definition) is 1. The smallest absolute Gasteiger partial charge is 0.243 e. The maximum atomic E-state index is 12.6. The summed E-state index contributed by atoms with van der Waals surface area (Å²) in [5.74, 6) is 2.29. The summed E-state index contributed by atoms with van der Waals surface area (Å²) in [6, 6.07) is 6.51. The highest BCUT2D eigenvalue weighted by Crippen LogP contribution is 2.25. The average Bonchev–Trinajstić information content (AvgIpc) is 2.48. The lowest BCUT2D eigenvalue weighted by Crippen LogP contribution is -2.44. The second-order valence-electron chi connectivity index (χ2n) is 4.94. The zero-order chi connectivity index (χ0) is 15.3. The third-order valence-electron chi connectivity index (χ3n) is 3.31. The van der Waals surface area contributed by atoms with Gasteiger partial charge in [0.05, 0.1) is 11.5 Å². The number of sulfonamides is 1. The summed E-state index contributed by atoms with van der Waals surface area (Å²) in [5, 5.41) is 8.70. The Labute approximate surface area is 130 Å². The Morgan fingerprint density at radius 3 is 2.71 bits per heavy atom. The SMILES string of the molecule is CC1CSCCN1S(=O)(=O)c1ccc(OCCCO)cc1. The molecule has 2 rings (SSSR count). The summed E-state index contributed by atoms with van der Waals surface area (Å²) in [6.45, 7) is 3.00. The highest BCUT2D eigenvalue weighted by molar-refractivity contribution is 7.99. The van der Waals surface area contributed by atoms with Crippen molar-refractivity contribution in [2.75, 3.05) is 31.3 Å². The number of nitrogens with zero attached hydrogens (tertiary/aromatic N) is 1. The summed E-state index contributed by atoms with van der Waals surface area (Å²) in [6.07, 6.45) is 0.559. The second kappa shape index (κ2) is 7.49. The minimum atomic E-state index is -3.43. The normalized spacial score (nSPS) is 20.4. The van der Waals surface area contributed by atoms with Gasteiger partial charge in [-0.05, 0) is 31.2 Å². The fraction of sp³-hybridized carbons (Fsp3) is 0.571. The molecule has 0 amide bonds. The monoisotopic (exact) mass is 331 g/mol. The first-order valence-corrected chi connectivity index (χ1v) is 9.58. The van der Waals surface area contributed by atoms with Gasteiger partial charge < -0.3 is 9.84 Å². The zero-order valence-electron chi connectivity index (χ0n) is 12.1. The maximum Gasteiger partial charge on any atom is 0.243 e. The largest absolute Gasteiger partial charge is 0.494 e. The molecule has 1 heterocycles. The molecule has 1 aromatic rings. The van der Waals surface area contributed by atoms with Crippen molar-refractivity contribution >= 4 is 21.8 Å². The molecule has 0 aliphatic carbocycles. The van der Waals surface area contributed by atoms with Gasteiger partial charge >= 0.3 is 0 Å². The van der Waals surface area contributed by atoms with Gasteiger partial charge in [-0.2, -0.15) is 16.1 Å². The Kier molecular flexibility index (Phi) is 5.92. The van der Waals surface area contributed by atoms with Crippen LogP contribution in [0.5, 0.6) is 5.75 Å². The van der Waals surface area contributed by atoms with Crippen molar-refractivity contribution in [2.45, 2.75) is 24.3 Å². The van der Waals surface area contributed by atoms with E-state index in [0.717, 1.165) is 11.5 Å². The van der Waals surface area contributed by atoms with Crippen molar-refractivity contribution in [3.63, 3.8) is 0 Å². The van der Waals surface area contributed by atoms with Crippen LogP contribution in [0.25, 0.3) is 0 Å². The van der Waals surface area contributed by atoms with Crippen LogP contribution >= 0.6 is 11.8 Å². The molecule has 5 nitrogen and oxygen atoms in total. The van der Waals surface area contributed by atoms with Crippen LogP contribution in [0.1, 0.15) is 13.3 Å². The molecule has 0 aromatic heterocycles. The second-order valence-corrected chi connectivity index (χ2v) is 7.98. The molecule has 1 aliphatic rings. The van der Waals surface area contributed by atoms with E-state index in [2.05, 4.69) is 0 Å². The molecular weight excluding hydrogens is 310 g/mol. The number of rotatable bonds is 6. The van der Waals surface area contributed by atoms with Crippen LogP contribution in [0.4, 0.5) is 0 Å². The van der Waals surface area contributed by atoms with Crippen LogP contribution in [-0.4, -0.2) is 55.1 Å². The minimum Gasteiger partial charge on any atom is -0.494 e. The molecule has 0 radical (unpaired) electrons. The molecule has 0 spiro atoms. The van der Waals surface area contributed by atoms with E-state index >= 15 is 0 Å². The summed E-state index contributed by atoms with van der Waals surface area (Å²) in [7, 11) is -3.43. The number of benzene rings is 1. The summed E-state index contributed by atoms with van der Waals surface area (Å²) in [5.41, 5.74) is 0. The maximum absolute atomic E-state index is 12.6. The van der Waals surface area contributed by atoms with Gasteiger partial charge in [0.15, 0.2) is 0 Å². The summed E-state index contributed by atoms with van der Waals surface area (Å²) >= 11 is 1.79. The number of aliphatic hydroxyl groups is 1.